The number of aliphatic hydroxyl groups is 1. The molecule has 1 amide bonds. The molecule has 0 aliphatic carbocycles. The SMILES string of the molecule is Cc1cc2c(cc1C)OC(C(=O)NCCCCN1CCCC1CO)C2. The van der Waals surface area contributed by atoms with Crippen LogP contribution in [0.4, 0.5) is 0 Å². The summed E-state index contributed by atoms with van der Waals surface area (Å²) in [6.45, 7) is 7.19. The molecule has 0 aromatic heterocycles. The first-order valence-electron chi connectivity index (χ1n) is 9.48. The summed E-state index contributed by atoms with van der Waals surface area (Å²) in [5.74, 6) is 0.841. The monoisotopic (exact) mass is 346 g/mol. The Balaban J connectivity index is 1.36. The molecular weight excluding hydrogens is 316 g/mol. The lowest BCUT2D eigenvalue weighted by atomic mass is 10.0. The van der Waals surface area contributed by atoms with E-state index in [9.17, 15) is 9.90 Å². The zero-order chi connectivity index (χ0) is 17.8. The molecule has 1 saturated heterocycles. The first-order chi connectivity index (χ1) is 12.1. The van der Waals surface area contributed by atoms with Crippen LogP contribution < -0.4 is 10.1 Å². The van der Waals surface area contributed by atoms with E-state index in [1.807, 2.05) is 6.07 Å². The van der Waals surface area contributed by atoms with Crippen LogP contribution in [-0.2, 0) is 11.2 Å². The Morgan fingerprint density at radius 2 is 2.12 bits per heavy atom. The van der Waals surface area contributed by atoms with Gasteiger partial charge in [0.25, 0.3) is 5.91 Å². The molecule has 1 fully saturated rings. The van der Waals surface area contributed by atoms with Gasteiger partial charge in [0.15, 0.2) is 6.10 Å². The van der Waals surface area contributed by atoms with E-state index in [1.54, 1.807) is 0 Å². The second-order valence-electron chi connectivity index (χ2n) is 7.37. The first kappa shape index (κ1) is 18.2. The lowest BCUT2D eigenvalue weighted by Gasteiger charge is -2.22. The first-order valence-corrected chi connectivity index (χ1v) is 9.48. The average Bonchev–Trinajstić information content (AvgIpc) is 3.21. The maximum absolute atomic E-state index is 12.3. The largest absolute Gasteiger partial charge is 0.480 e. The van der Waals surface area contributed by atoms with Crippen LogP contribution in [0.1, 0.15) is 42.4 Å². The highest BCUT2D eigenvalue weighted by atomic mass is 16.5. The Bertz CT molecular complexity index is 586. The molecule has 2 heterocycles. The number of amides is 1. The number of benzene rings is 1. The number of unbranched alkanes of at least 4 members (excludes halogenated alkanes) is 1. The maximum atomic E-state index is 12.3. The quantitative estimate of drug-likeness (QED) is 0.741. The summed E-state index contributed by atoms with van der Waals surface area (Å²) in [6, 6.07) is 4.50. The van der Waals surface area contributed by atoms with E-state index in [-0.39, 0.29) is 12.5 Å². The number of ether oxygens (including phenoxy) is 1. The van der Waals surface area contributed by atoms with Crippen LogP contribution in [0.25, 0.3) is 0 Å². The molecule has 5 heteroatoms. The highest BCUT2D eigenvalue weighted by Gasteiger charge is 2.29. The third-order valence-corrected chi connectivity index (χ3v) is 5.52. The lowest BCUT2D eigenvalue weighted by molar-refractivity contribution is -0.127. The minimum Gasteiger partial charge on any atom is -0.480 e. The van der Waals surface area contributed by atoms with Gasteiger partial charge in [-0.05, 0) is 75.4 Å². The minimum atomic E-state index is -0.395. The number of nitrogens with zero attached hydrogens (tertiary/aromatic N) is 1. The zero-order valence-corrected chi connectivity index (χ0v) is 15.4. The van der Waals surface area contributed by atoms with Crippen LogP contribution in [0.15, 0.2) is 12.1 Å². The molecule has 2 unspecified atom stereocenters. The van der Waals surface area contributed by atoms with Crippen molar-refractivity contribution in [3.05, 3.63) is 28.8 Å². The van der Waals surface area contributed by atoms with Crippen molar-refractivity contribution in [1.82, 2.24) is 10.2 Å². The Morgan fingerprint density at radius 3 is 2.92 bits per heavy atom. The molecule has 138 valence electrons. The minimum absolute atomic E-state index is 0.0130. The molecule has 2 aliphatic rings. The summed E-state index contributed by atoms with van der Waals surface area (Å²) in [5.41, 5.74) is 3.57. The van der Waals surface area contributed by atoms with Crippen LogP contribution in [0.5, 0.6) is 5.75 Å². The molecule has 3 rings (SSSR count). The Labute approximate surface area is 150 Å². The fourth-order valence-electron chi connectivity index (χ4n) is 3.82. The van der Waals surface area contributed by atoms with Crippen molar-refractivity contribution in [3.63, 3.8) is 0 Å². The molecule has 2 atom stereocenters. The fourth-order valence-corrected chi connectivity index (χ4v) is 3.82. The number of hydrogen-bond acceptors (Lipinski definition) is 4. The highest BCUT2D eigenvalue weighted by Crippen LogP contribution is 2.31. The van der Waals surface area contributed by atoms with Gasteiger partial charge in [0.05, 0.1) is 6.61 Å². The number of carbonyl (C=O) groups is 1. The molecule has 2 N–H and O–H groups in total. The van der Waals surface area contributed by atoms with Gasteiger partial charge in [0.2, 0.25) is 0 Å². The Morgan fingerprint density at radius 1 is 1.32 bits per heavy atom. The van der Waals surface area contributed by atoms with Crippen LogP contribution in [0.3, 0.4) is 0 Å². The van der Waals surface area contributed by atoms with E-state index < -0.39 is 6.10 Å². The van der Waals surface area contributed by atoms with Gasteiger partial charge in [-0.2, -0.15) is 0 Å². The van der Waals surface area contributed by atoms with Gasteiger partial charge in [-0.15, -0.1) is 0 Å². The van der Waals surface area contributed by atoms with Crippen molar-refractivity contribution in [2.45, 2.75) is 58.1 Å². The second kappa shape index (κ2) is 8.19. The summed E-state index contributed by atoms with van der Waals surface area (Å²) < 4.78 is 5.82. The van der Waals surface area contributed by atoms with E-state index in [2.05, 4.69) is 30.1 Å². The highest BCUT2D eigenvalue weighted by molar-refractivity contribution is 5.82. The van der Waals surface area contributed by atoms with Crippen LogP contribution in [0.2, 0.25) is 0 Å². The molecule has 0 saturated carbocycles. The third kappa shape index (κ3) is 4.33. The molecule has 25 heavy (non-hydrogen) atoms. The van der Waals surface area contributed by atoms with Gasteiger partial charge >= 0.3 is 0 Å². The molecule has 2 aliphatic heterocycles. The summed E-state index contributed by atoms with van der Waals surface area (Å²) in [5, 5.41) is 12.3. The number of likely N-dealkylation sites (tertiary alicyclic amines) is 1. The van der Waals surface area contributed by atoms with E-state index >= 15 is 0 Å². The van der Waals surface area contributed by atoms with Gasteiger partial charge < -0.3 is 15.2 Å². The topological polar surface area (TPSA) is 61.8 Å². The lowest BCUT2D eigenvalue weighted by Crippen LogP contribution is -2.38. The van der Waals surface area contributed by atoms with E-state index in [4.69, 9.17) is 4.74 Å². The van der Waals surface area contributed by atoms with Crippen molar-refractivity contribution in [3.8, 4) is 5.75 Å². The Hall–Kier alpha value is -1.59. The van der Waals surface area contributed by atoms with Crippen LogP contribution >= 0.6 is 0 Å². The summed E-state index contributed by atoms with van der Waals surface area (Å²) in [7, 11) is 0. The smallest absolute Gasteiger partial charge is 0.261 e. The number of carbonyl (C=O) groups excluding carboxylic acids is 1. The fraction of sp³-hybridized carbons (Fsp3) is 0.650. The normalized spacial score (nSPS) is 22.7. The van der Waals surface area contributed by atoms with Crippen molar-refractivity contribution >= 4 is 5.91 Å². The third-order valence-electron chi connectivity index (χ3n) is 5.52. The number of aryl methyl sites for hydroxylation is 2. The van der Waals surface area contributed by atoms with Gasteiger partial charge in [-0.1, -0.05) is 6.07 Å². The van der Waals surface area contributed by atoms with E-state index in [0.717, 1.165) is 43.7 Å². The molecular formula is C20H30N2O3. The number of nitrogens with one attached hydrogen (secondary N) is 1. The van der Waals surface area contributed by atoms with Crippen molar-refractivity contribution < 1.29 is 14.6 Å². The number of fused-ring (bicyclic) bond motifs is 1. The molecule has 0 radical (unpaired) electrons. The van der Waals surface area contributed by atoms with E-state index in [0.29, 0.717) is 19.0 Å². The zero-order valence-electron chi connectivity index (χ0n) is 15.4. The summed E-state index contributed by atoms with van der Waals surface area (Å²) in [6.07, 6.45) is 4.55. The van der Waals surface area contributed by atoms with E-state index in [1.165, 1.54) is 17.5 Å². The van der Waals surface area contributed by atoms with Crippen LogP contribution in [-0.4, -0.2) is 54.3 Å². The number of aliphatic hydroxyl groups excluding tert-OH is 1. The average molecular weight is 346 g/mol. The predicted molar refractivity (Wildman–Crippen MR) is 98.0 cm³/mol. The summed E-state index contributed by atoms with van der Waals surface area (Å²) in [4.78, 5) is 14.7. The molecule has 1 aromatic rings. The number of hydrogen-bond donors (Lipinski definition) is 2. The van der Waals surface area contributed by atoms with Crippen molar-refractivity contribution in [1.29, 1.82) is 0 Å². The molecule has 1 aromatic carbocycles. The van der Waals surface area contributed by atoms with Gasteiger partial charge in [0.1, 0.15) is 5.75 Å². The number of rotatable bonds is 7. The van der Waals surface area contributed by atoms with Crippen LogP contribution in [0, 0.1) is 13.8 Å². The Kier molecular flexibility index (Phi) is 5.97. The molecule has 0 spiro atoms. The summed E-state index contributed by atoms with van der Waals surface area (Å²) >= 11 is 0. The van der Waals surface area contributed by atoms with Crippen molar-refractivity contribution in [2.75, 3.05) is 26.2 Å². The maximum Gasteiger partial charge on any atom is 0.261 e. The van der Waals surface area contributed by atoms with Gasteiger partial charge in [-0.25, -0.2) is 0 Å². The van der Waals surface area contributed by atoms with Crippen molar-refractivity contribution in [2.24, 2.45) is 0 Å². The molecule has 5 nitrogen and oxygen atoms in total. The van der Waals surface area contributed by atoms with Gasteiger partial charge in [0, 0.05) is 19.0 Å². The predicted octanol–water partition coefficient (Wildman–Crippen LogP) is 1.96. The second-order valence-corrected chi connectivity index (χ2v) is 7.37. The standard InChI is InChI=1S/C20H30N2O3/c1-14-10-16-12-19(25-18(16)11-15(14)2)20(24)21-7-3-4-8-22-9-5-6-17(22)13-23/h10-11,17,19,23H,3-9,12-13H2,1-2H3,(H,21,24). The van der Waals surface area contributed by atoms with Gasteiger partial charge in [-0.3, -0.25) is 9.69 Å². The molecule has 0 bridgehead atoms.